The average molecular weight is 277 g/mol. The van der Waals surface area contributed by atoms with Gasteiger partial charge in [0, 0.05) is 0 Å². The van der Waals surface area contributed by atoms with Gasteiger partial charge in [-0.2, -0.15) is 11.3 Å². The van der Waals surface area contributed by atoms with Crippen molar-refractivity contribution in [3.63, 3.8) is 0 Å². The van der Waals surface area contributed by atoms with Crippen LogP contribution in [0.2, 0.25) is 0 Å². The fraction of sp³-hybridized carbons (Fsp3) is 0.333. The van der Waals surface area contributed by atoms with Crippen molar-refractivity contribution in [3.05, 3.63) is 45.6 Å². The maximum atomic E-state index is 5.39. The molecule has 1 heterocycles. The fourth-order valence-corrected chi connectivity index (χ4v) is 2.93. The van der Waals surface area contributed by atoms with E-state index in [9.17, 15) is 0 Å². The number of aryl methyl sites for hydroxylation is 1. The van der Waals surface area contributed by atoms with Gasteiger partial charge in [0.15, 0.2) is 11.5 Å². The zero-order valence-electron chi connectivity index (χ0n) is 11.7. The van der Waals surface area contributed by atoms with Crippen LogP contribution >= 0.6 is 11.3 Å². The summed E-state index contributed by atoms with van der Waals surface area (Å²) in [6, 6.07) is 6.38. The lowest BCUT2D eigenvalue weighted by atomic mass is 9.96. The highest BCUT2D eigenvalue weighted by Crippen LogP contribution is 2.35. The Bertz CT molecular complexity index is 537. The van der Waals surface area contributed by atoms with Crippen molar-refractivity contribution in [2.75, 3.05) is 21.3 Å². The standard InChI is InChI=1S/C15H19NO2S/c1-10-7-13(17-3)14(18-4)8-12(10)15(16-2)11-5-6-19-9-11/h5-9,15-16H,1-4H3. The molecule has 0 saturated heterocycles. The molecule has 102 valence electrons. The summed E-state index contributed by atoms with van der Waals surface area (Å²) in [7, 11) is 5.29. The molecule has 0 aliphatic carbocycles. The quantitative estimate of drug-likeness (QED) is 0.909. The van der Waals surface area contributed by atoms with E-state index >= 15 is 0 Å². The SMILES string of the molecule is CNC(c1ccsc1)c1cc(OC)c(OC)cc1C. The van der Waals surface area contributed by atoms with E-state index in [1.54, 1.807) is 25.6 Å². The molecule has 1 aromatic heterocycles. The summed E-state index contributed by atoms with van der Waals surface area (Å²) >= 11 is 1.71. The molecule has 0 saturated carbocycles. The van der Waals surface area contributed by atoms with Gasteiger partial charge in [-0.05, 0) is 59.6 Å². The van der Waals surface area contributed by atoms with Crippen molar-refractivity contribution in [1.29, 1.82) is 0 Å². The molecule has 2 aromatic rings. The van der Waals surface area contributed by atoms with Crippen LogP contribution in [0.4, 0.5) is 0 Å². The maximum absolute atomic E-state index is 5.39. The van der Waals surface area contributed by atoms with Gasteiger partial charge in [-0.3, -0.25) is 0 Å². The van der Waals surface area contributed by atoms with E-state index in [0.717, 1.165) is 11.5 Å². The molecule has 0 aliphatic heterocycles. The first kappa shape index (κ1) is 13.9. The number of hydrogen-bond donors (Lipinski definition) is 1. The number of rotatable bonds is 5. The summed E-state index contributed by atoms with van der Waals surface area (Å²) < 4.78 is 10.7. The van der Waals surface area contributed by atoms with Gasteiger partial charge in [0.2, 0.25) is 0 Å². The van der Waals surface area contributed by atoms with E-state index in [-0.39, 0.29) is 6.04 Å². The first-order valence-electron chi connectivity index (χ1n) is 6.13. The summed E-state index contributed by atoms with van der Waals surface area (Å²) in [6.45, 7) is 2.09. The van der Waals surface area contributed by atoms with Crippen LogP contribution in [0.15, 0.2) is 29.0 Å². The summed E-state index contributed by atoms with van der Waals surface area (Å²) in [4.78, 5) is 0. The summed E-state index contributed by atoms with van der Waals surface area (Å²) in [6.07, 6.45) is 0. The molecule has 2 rings (SSSR count). The number of methoxy groups -OCH3 is 2. The minimum Gasteiger partial charge on any atom is -0.493 e. The van der Waals surface area contributed by atoms with Crippen LogP contribution in [0.3, 0.4) is 0 Å². The van der Waals surface area contributed by atoms with Crippen molar-refractivity contribution >= 4 is 11.3 Å². The van der Waals surface area contributed by atoms with Gasteiger partial charge in [0.1, 0.15) is 0 Å². The molecule has 3 nitrogen and oxygen atoms in total. The molecule has 4 heteroatoms. The molecule has 19 heavy (non-hydrogen) atoms. The largest absolute Gasteiger partial charge is 0.493 e. The third kappa shape index (κ3) is 2.74. The molecule has 0 spiro atoms. The van der Waals surface area contributed by atoms with Crippen molar-refractivity contribution in [1.82, 2.24) is 5.32 Å². The van der Waals surface area contributed by atoms with E-state index in [4.69, 9.17) is 9.47 Å². The second kappa shape index (κ2) is 6.08. The van der Waals surface area contributed by atoms with Crippen LogP contribution in [-0.2, 0) is 0 Å². The first-order valence-corrected chi connectivity index (χ1v) is 7.07. The summed E-state index contributed by atoms with van der Waals surface area (Å²) in [5, 5.41) is 7.62. The molecule has 1 unspecified atom stereocenters. The van der Waals surface area contributed by atoms with E-state index in [0.29, 0.717) is 0 Å². The average Bonchev–Trinajstić information content (AvgIpc) is 2.94. The van der Waals surface area contributed by atoms with Gasteiger partial charge in [0.05, 0.1) is 20.3 Å². The van der Waals surface area contributed by atoms with Gasteiger partial charge in [0.25, 0.3) is 0 Å². The fourth-order valence-electron chi connectivity index (χ4n) is 2.25. The van der Waals surface area contributed by atoms with Crippen LogP contribution in [0.5, 0.6) is 11.5 Å². The second-order valence-corrected chi connectivity index (χ2v) is 5.12. The number of nitrogens with one attached hydrogen (secondary N) is 1. The lowest BCUT2D eigenvalue weighted by Crippen LogP contribution is -2.18. The molecular weight excluding hydrogens is 258 g/mol. The van der Waals surface area contributed by atoms with Crippen LogP contribution in [0.1, 0.15) is 22.7 Å². The van der Waals surface area contributed by atoms with Crippen molar-refractivity contribution in [2.24, 2.45) is 0 Å². The lowest BCUT2D eigenvalue weighted by molar-refractivity contribution is 0.354. The van der Waals surface area contributed by atoms with Crippen LogP contribution in [0.25, 0.3) is 0 Å². The Morgan fingerprint density at radius 2 is 1.84 bits per heavy atom. The van der Waals surface area contributed by atoms with Gasteiger partial charge in [-0.15, -0.1) is 0 Å². The zero-order chi connectivity index (χ0) is 13.8. The van der Waals surface area contributed by atoms with Crippen molar-refractivity contribution < 1.29 is 9.47 Å². The highest BCUT2D eigenvalue weighted by atomic mass is 32.1. The summed E-state index contributed by atoms with van der Waals surface area (Å²) in [5.41, 5.74) is 3.66. The predicted molar refractivity (Wildman–Crippen MR) is 79.5 cm³/mol. The second-order valence-electron chi connectivity index (χ2n) is 4.34. The normalized spacial score (nSPS) is 12.2. The smallest absolute Gasteiger partial charge is 0.161 e. The highest BCUT2D eigenvalue weighted by Gasteiger charge is 2.17. The Balaban J connectivity index is 2.48. The van der Waals surface area contributed by atoms with E-state index in [1.165, 1.54) is 16.7 Å². The minimum atomic E-state index is 0.172. The van der Waals surface area contributed by atoms with Gasteiger partial charge >= 0.3 is 0 Å². The van der Waals surface area contributed by atoms with Crippen LogP contribution in [0, 0.1) is 6.92 Å². The highest BCUT2D eigenvalue weighted by molar-refractivity contribution is 7.08. The minimum absolute atomic E-state index is 0.172. The molecule has 1 aromatic carbocycles. The molecular formula is C15H19NO2S. The number of hydrogen-bond acceptors (Lipinski definition) is 4. The third-order valence-corrected chi connectivity index (χ3v) is 3.95. The Morgan fingerprint density at radius 1 is 1.16 bits per heavy atom. The Labute approximate surface area is 118 Å². The Morgan fingerprint density at radius 3 is 2.37 bits per heavy atom. The monoisotopic (exact) mass is 277 g/mol. The maximum Gasteiger partial charge on any atom is 0.161 e. The first-order chi connectivity index (χ1) is 9.21. The lowest BCUT2D eigenvalue weighted by Gasteiger charge is -2.20. The molecule has 1 N–H and O–H groups in total. The van der Waals surface area contributed by atoms with E-state index in [1.807, 2.05) is 19.2 Å². The van der Waals surface area contributed by atoms with Crippen molar-refractivity contribution in [3.8, 4) is 11.5 Å². The molecule has 0 aliphatic rings. The number of thiophene rings is 1. The topological polar surface area (TPSA) is 30.5 Å². The van der Waals surface area contributed by atoms with Crippen LogP contribution in [-0.4, -0.2) is 21.3 Å². The van der Waals surface area contributed by atoms with E-state index in [2.05, 4.69) is 29.1 Å². The molecule has 0 radical (unpaired) electrons. The van der Waals surface area contributed by atoms with Gasteiger partial charge < -0.3 is 14.8 Å². The predicted octanol–water partition coefficient (Wildman–Crippen LogP) is 3.38. The van der Waals surface area contributed by atoms with E-state index < -0.39 is 0 Å². The van der Waals surface area contributed by atoms with Crippen molar-refractivity contribution in [2.45, 2.75) is 13.0 Å². The number of benzene rings is 1. The molecule has 0 bridgehead atoms. The molecule has 0 amide bonds. The Kier molecular flexibility index (Phi) is 4.45. The zero-order valence-corrected chi connectivity index (χ0v) is 12.5. The van der Waals surface area contributed by atoms with Gasteiger partial charge in [-0.25, -0.2) is 0 Å². The summed E-state index contributed by atoms with van der Waals surface area (Å²) in [5.74, 6) is 1.53. The third-order valence-electron chi connectivity index (χ3n) is 3.25. The van der Waals surface area contributed by atoms with Crippen LogP contribution < -0.4 is 14.8 Å². The Hall–Kier alpha value is -1.52. The van der Waals surface area contributed by atoms with Gasteiger partial charge in [-0.1, -0.05) is 0 Å². The molecule has 0 fully saturated rings. The number of ether oxygens (including phenoxy) is 2. The molecule has 1 atom stereocenters.